The summed E-state index contributed by atoms with van der Waals surface area (Å²) in [5, 5.41) is 0. The third kappa shape index (κ3) is 4.42. The van der Waals surface area contributed by atoms with Gasteiger partial charge in [0.1, 0.15) is 5.54 Å². The van der Waals surface area contributed by atoms with Crippen molar-refractivity contribution >= 4 is 17.8 Å². The summed E-state index contributed by atoms with van der Waals surface area (Å²) in [6.45, 7) is 5.86. The molecule has 0 radical (unpaired) electrons. The van der Waals surface area contributed by atoms with Crippen LogP contribution in [0.2, 0.25) is 0 Å². The van der Waals surface area contributed by atoms with Gasteiger partial charge in [-0.1, -0.05) is 49.4 Å². The second kappa shape index (κ2) is 9.92. The predicted octanol–water partition coefficient (Wildman–Crippen LogP) is 3.97. The van der Waals surface area contributed by atoms with Crippen molar-refractivity contribution in [1.82, 2.24) is 14.7 Å². The molecule has 2 fully saturated rings. The van der Waals surface area contributed by atoms with E-state index in [0.29, 0.717) is 45.4 Å². The van der Waals surface area contributed by atoms with Crippen molar-refractivity contribution in [1.29, 1.82) is 0 Å². The average molecular weight is 412 g/mol. The zero-order valence-electron chi connectivity index (χ0n) is 18.2. The summed E-state index contributed by atoms with van der Waals surface area (Å²) < 4.78 is 0. The lowest BCUT2D eigenvalue weighted by molar-refractivity contribution is -0.141. The molecule has 6 nitrogen and oxygen atoms in total. The van der Waals surface area contributed by atoms with Crippen LogP contribution in [0.25, 0.3) is 0 Å². The highest BCUT2D eigenvalue weighted by molar-refractivity contribution is 6.07. The number of nitrogens with zero attached hydrogens (tertiary/aromatic N) is 3. The van der Waals surface area contributed by atoms with Crippen LogP contribution in [0.5, 0.6) is 0 Å². The fourth-order valence-electron chi connectivity index (χ4n) is 4.49. The lowest BCUT2D eigenvalue weighted by atomic mass is 9.85. The SMILES string of the molecule is C/C=C/CCCC(=O)N1CCC2(CC1)C(=O)N(CCC)C(=O)N2Cc1ccccc1. The molecule has 162 valence electrons. The second-order valence-electron chi connectivity index (χ2n) is 8.18. The molecule has 2 heterocycles. The van der Waals surface area contributed by atoms with Crippen LogP contribution in [-0.4, -0.2) is 57.7 Å². The number of rotatable bonds is 8. The normalized spacial score (nSPS) is 18.8. The Morgan fingerprint density at radius 3 is 2.47 bits per heavy atom. The molecule has 3 rings (SSSR count). The first-order valence-corrected chi connectivity index (χ1v) is 11.1. The van der Waals surface area contributed by atoms with E-state index in [0.717, 1.165) is 24.8 Å². The monoisotopic (exact) mass is 411 g/mol. The van der Waals surface area contributed by atoms with E-state index in [9.17, 15) is 14.4 Å². The fourth-order valence-corrected chi connectivity index (χ4v) is 4.49. The van der Waals surface area contributed by atoms with Crippen molar-refractivity contribution in [3.05, 3.63) is 48.0 Å². The summed E-state index contributed by atoms with van der Waals surface area (Å²) in [6.07, 6.45) is 8.10. The van der Waals surface area contributed by atoms with Crippen LogP contribution >= 0.6 is 0 Å². The smallest absolute Gasteiger partial charge is 0.327 e. The van der Waals surface area contributed by atoms with Gasteiger partial charge < -0.3 is 9.80 Å². The highest BCUT2D eigenvalue weighted by Gasteiger charge is 2.57. The topological polar surface area (TPSA) is 60.9 Å². The highest BCUT2D eigenvalue weighted by Crippen LogP contribution is 2.38. The standard InChI is InChI=1S/C24H33N3O3/c1-3-5-6-10-13-21(28)25-17-14-24(15-18-25)22(29)26(16-4-2)23(30)27(24)19-20-11-8-7-9-12-20/h3,5,7-9,11-12H,4,6,10,13-19H2,1-2H3/b5-3+. The zero-order chi connectivity index (χ0) is 21.6. The van der Waals surface area contributed by atoms with E-state index in [1.54, 1.807) is 4.90 Å². The third-order valence-corrected chi connectivity index (χ3v) is 6.19. The van der Waals surface area contributed by atoms with Crippen LogP contribution < -0.4 is 0 Å². The minimum Gasteiger partial charge on any atom is -0.342 e. The zero-order valence-corrected chi connectivity index (χ0v) is 18.2. The number of amides is 4. The Balaban J connectivity index is 1.73. The molecule has 1 aromatic carbocycles. The summed E-state index contributed by atoms with van der Waals surface area (Å²) in [6, 6.07) is 9.61. The van der Waals surface area contributed by atoms with Gasteiger partial charge >= 0.3 is 6.03 Å². The Hall–Kier alpha value is -2.63. The summed E-state index contributed by atoms with van der Waals surface area (Å²) in [5.74, 6) is 0.0524. The predicted molar refractivity (Wildman–Crippen MR) is 117 cm³/mol. The Bertz CT molecular complexity index is 782. The largest absolute Gasteiger partial charge is 0.342 e. The van der Waals surface area contributed by atoms with Crippen LogP contribution in [0, 0.1) is 0 Å². The summed E-state index contributed by atoms with van der Waals surface area (Å²) in [7, 11) is 0. The van der Waals surface area contributed by atoms with Crippen molar-refractivity contribution in [3.63, 3.8) is 0 Å². The number of hydrogen-bond acceptors (Lipinski definition) is 3. The number of allylic oxidation sites excluding steroid dienone is 2. The lowest BCUT2D eigenvalue weighted by Crippen LogP contribution is -2.57. The van der Waals surface area contributed by atoms with Gasteiger partial charge in [0.15, 0.2) is 0 Å². The van der Waals surface area contributed by atoms with Crippen LogP contribution in [0.4, 0.5) is 4.79 Å². The Kier molecular flexibility index (Phi) is 7.29. The van der Waals surface area contributed by atoms with Gasteiger partial charge in [0.25, 0.3) is 5.91 Å². The molecular weight excluding hydrogens is 378 g/mol. The van der Waals surface area contributed by atoms with Gasteiger partial charge in [0.05, 0.1) is 0 Å². The first-order chi connectivity index (χ1) is 14.5. The maximum atomic E-state index is 13.4. The molecule has 0 unspecified atom stereocenters. The minimum atomic E-state index is -0.830. The van der Waals surface area contributed by atoms with Crippen molar-refractivity contribution in [3.8, 4) is 0 Å². The fraction of sp³-hybridized carbons (Fsp3) is 0.542. The molecule has 1 aromatic rings. The summed E-state index contributed by atoms with van der Waals surface area (Å²) in [4.78, 5) is 44.1. The Labute approximate surface area is 179 Å². The summed E-state index contributed by atoms with van der Waals surface area (Å²) >= 11 is 0. The molecule has 1 spiro atoms. The van der Waals surface area contributed by atoms with Gasteiger partial charge in [-0.25, -0.2) is 4.79 Å². The van der Waals surface area contributed by atoms with Crippen LogP contribution in [-0.2, 0) is 16.1 Å². The van der Waals surface area contributed by atoms with Crippen molar-refractivity contribution in [2.45, 2.75) is 64.5 Å². The number of imide groups is 1. The Morgan fingerprint density at radius 1 is 1.13 bits per heavy atom. The van der Waals surface area contributed by atoms with E-state index in [2.05, 4.69) is 6.08 Å². The van der Waals surface area contributed by atoms with E-state index in [4.69, 9.17) is 0 Å². The number of hydrogen-bond donors (Lipinski definition) is 0. The van der Waals surface area contributed by atoms with E-state index in [1.807, 2.05) is 55.2 Å². The number of urea groups is 1. The van der Waals surface area contributed by atoms with Gasteiger partial charge in [-0.05, 0) is 44.6 Å². The van der Waals surface area contributed by atoms with E-state index >= 15 is 0 Å². The van der Waals surface area contributed by atoms with Crippen molar-refractivity contribution in [2.24, 2.45) is 0 Å². The molecule has 2 aliphatic heterocycles. The quantitative estimate of drug-likeness (QED) is 0.369. The molecule has 2 saturated heterocycles. The number of likely N-dealkylation sites (tertiary alicyclic amines) is 1. The maximum Gasteiger partial charge on any atom is 0.327 e. The molecule has 0 saturated carbocycles. The molecular formula is C24H33N3O3. The lowest BCUT2D eigenvalue weighted by Gasteiger charge is -2.42. The Morgan fingerprint density at radius 2 is 1.83 bits per heavy atom. The minimum absolute atomic E-state index is 0.0922. The molecule has 0 N–H and O–H groups in total. The summed E-state index contributed by atoms with van der Waals surface area (Å²) in [5.41, 5.74) is 0.183. The molecule has 2 aliphatic rings. The maximum absolute atomic E-state index is 13.4. The van der Waals surface area contributed by atoms with Crippen LogP contribution in [0.1, 0.15) is 57.9 Å². The molecule has 6 heteroatoms. The number of benzene rings is 1. The first-order valence-electron chi connectivity index (χ1n) is 11.1. The van der Waals surface area contributed by atoms with Gasteiger partial charge in [0.2, 0.25) is 5.91 Å². The van der Waals surface area contributed by atoms with E-state index in [1.165, 1.54) is 4.90 Å². The van der Waals surface area contributed by atoms with E-state index in [-0.39, 0.29) is 17.8 Å². The van der Waals surface area contributed by atoms with Gasteiger partial charge in [-0.15, -0.1) is 0 Å². The average Bonchev–Trinajstić information content (AvgIpc) is 2.95. The first kappa shape index (κ1) is 22.1. The molecule has 0 atom stereocenters. The van der Waals surface area contributed by atoms with Crippen LogP contribution in [0.3, 0.4) is 0 Å². The highest BCUT2D eigenvalue weighted by atomic mass is 16.2. The number of piperidine rings is 1. The van der Waals surface area contributed by atoms with Crippen LogP contribution in [0.15, 0.2) is 42.5 Å². The molecule has 0 aliphatic carbocycles. The van der Waals surface area contributed by atoms with Gasteiger partial charge in [-0.2, -0.15) is 0 Å². The number of carbonyl (C=O) groups excluding carboxylic acids is 3. The number of unbranched alkanes of at least 4 members (excludes halogenated alkanes) is 1. The molecule has 0 bridgehead atoms. The van der Waals surface area contributed by atoms with E-state index < -0.39 is 5.54 Å². The third-order valence-electron chi connectivity index (χ3n) is 6.19. The molecule has 4 amide bonds. The van der Waals surface area contributed by atoms with Crippen molar-refractivity contribution < 1.29 is 14.4 Å². The number of carbonyl (C=O) groups is 3. The van der Waals surface area contributed by atoms with Crippen molar-refractivity contribution in [2.75, 3.05) is 19.6 Å². The van der Waals surface area contributed by atoms with Gasteiger partial charge in [0, 0.05) is 32.6 Å². The molecule has 0 aromatic heterocycles. The van der Waals surface area contributed by atoms with Gasteiger partial charge in [-0.3, -0.25) is 14.5 Å². The second-order valence-corrected chi connectivity index (χ2v) is 8.18. The molecule has 30 heavy (non-hydrogen) atoms.